The van der Waals surface area contributed by atoms with Crippen molar-refractivity contribution in [2.75, 3.05) is 13.6 Å². The molecule has 1 heterocycles. The number of pyridine rings is 1. The molecule has 0 aliphatic carbocycles. The molecule has 0 bridgehead atoms. The third-order valence-corrected chi connectivity index (χ3v) is 2.12. The van der Waals surface area contributed by atoms with E-state index in [-0.39, 0.29) is 6.04 Å². The number of hydrogen-bond donors (Lipinski definition) is 3. The Kier molecular flexibility index (Phi) is 4.52. The summed E-state index contributed by atoms with van der Waals surface area (Å²) < 4.78 is 0. The van der Waals surface area contributed by atoms with Gasteiger partial charge >= 0.3 is 0 Å². The monoisotopic (exact) mass is 195 g/mol. The number of nitrogens with one attached hydrogen (secondary N) is 1. The minimum atomic E-state index is -0.676. The molecule has 0 saturated carbocycles. The van der Waals surface area contributed by atoms with Gasteiger partial charge in [0.25, 0.3) is 0 Å². The second kappa shape index (κ2) is 5.70. The maximum Gasteiger partial charge on any atom is 0.111 e. The predicted molar refractivity (Wildman–Crippen MR) is 55.7 cm³/mol. The van der Waals surface area contributed by atoms with Gasteiger partial charge in [-0.3, -0.25) is 4.98 Å². The highest BCUT2D eigenvalue weighted by atomic mass is 16.3. The molecule has 4 N–H and O–H groups in total. The summed E-state index contributed by atoms with van der Waals surface area (Å²) in [4.78, 5) is 4.06. The van der Waals surface area contributed by atoms with Crippen molar-refractivity contribution >= 4 is 0 Å². The van der Waals surface area contributed by atoms with Crippen molar-refractivity contribution in [1.82, 2.24) is 10.3 Å². The van der Waals surface area contributed by atoms with Gasteiger partial charge in [0.15, 0.2) is 0 Å². The van der Waals surface area contributed by atoms with E-state index < -0.39 is 6.10 Å². The maximum atomic E-state index is 9.80. The summed E-state index contributed by atoms with van der Waals surface area (Å²) in [7, 11) is 1.86. The minimum Gasteiger partial charge on any atom is -0.385 e. The van der Waals surface area contributed by atoms with Crippen molar-refractivity contribution in [3.63, 3.8) is 0 Å². The van der Waals surface area contributed by atoms with Gasteiger partial charge in [-0.25, -0.2) is 0 Å². The zero-order chi connectivity index (χ0) is 10.4. The Morgan fingerprint density at radius 3 is 2.93 bits per heavy atom. The van der Waals surface area contributed by atoms with Gasteiger partial charge in [0.05, 0.1) is 5.69 Å². The first kappa shape index (κ1) is 11.1. The standard InChI is InChI=1S/C10H17N3O/c1-12-7-5-8(11)10(14)9-4-2-3-6-13-9/h2-4,6,8,10,12,14H,5,7,11H2,1H3. The van der Waals surface area contributed by atoms with E-state index in [1.54, 1.807) is 12.3 Å². The summed E-state index contributed by atoms with van der Waals surface area (Å²) in [5, 5.41) is 12.8. The van der Waals surface area contributed by atoms with Crippen LogP contribution in [0.15, 0.2) is 24.4 Å². The maximum absolute atomic E-state index is 9.80. The molecular formula is C10H17N3O. The van der Waals surface area contributed by atoms with Gasteiger partial charge in [-0.15, -0.1) is 0 Å². The summed E-state index contributed by atoms with van der Waals surface area (Å²) in [5.41, 5.74) is 6.44. The molecule has 4 heteroatoms. The number of aliphatic hydroxyl groups excluding tert-OH is 1. The third-order valence-electron chi connectivity index (χ3n) is 2.12. The molecule has 2 atom stereocenters. The van der Waals surface area contributed by atoms with Crippen molar-refractivity contribution in [1.29, 1.82) is 0 Å². The first-order valence-corrected chi connectivity index (χ1v) is 4.75. The van der Waals surface area contributed by atoms with Crippen LogP contribution >= 0.6 is 0 Å². The average Bonchev–Trinajstić information content (AvgIpc) is 2.26. The molecule has 0 aromatic carbocycles. The predicted octanol–water partition coefficient (Wildman–Crippen LogP) is 0.0518. The number of rotatable bonds is 5. The smallest absolute Gasteiger partial charge is 0.111 e. The highest BCUT2D eigenvalue weighted by Gasteiger charge is 2.16. The Labute approximate surface area is 84.2 Å². The quantitative estimate of drug-likeness (QED) is 0.621. The molecule has 0 aliphatic rings. The van der Waals surface area contributed by atoms with E-state index in [1.807, 2.05) is 19.2 Å². The van der Waals surface area contributed by atoms with E-state index in [1.165, 1.54) is 0 Å². The largest absolute Gasteiger partial charge is 0.385 e. The average molecular weight is 195 g/mol. The first-order valence-electron chi connectivity index (χ1n) is 4.75. The summed E-state index contributed by atoms with van der Waals surface area (Å²) in [6, 6.07) is 5.17. The van der Waals surface area contributed by atoms with Crippen LogP contribution in [-0.4, -0.2) is 29.7 Å². The van der Waals surface area contributed by atoms with E-state index >= 15 is 0 Å². The Morgan fingerprint density at radius 1 is 1.57 bits per heavy atom. The molecule has 14 heavy (non-hydrogen) atoms. The lowest BCUT2D eigenvalue weighted by Gasteiger charge is -2.17. The number of aromatic nitrogens is 1. The SMILES string of the molecule is CNCCC(N)C(O)c1ccccn1. The minimum absolute atomic E-state index is 0.266. The molecule has 2 unspecified atom stereocenters. The van der Waals surface area contributed by atoms with Crippen LogP contribution < -0.4 is 11.1 Å². The molecule has 0 saturated heterocycles. The van der Waals surface area contributed by atoms with Gasteiger partial charge in [-0.05, 0) is 32.1 Å². The fraction of sp³-hybridized carbons (Fsp3) is 0.500. The van der Waals surface area contributed by atoms with Crippen molar-refractivity contribution < 1.29 is 5.11 Å². The van der Waals surface area contributed by atoms with Gasteiger partial charge in [-0.1, -0.05) is 6.07 Å². The Balaban J connectivity index is 2.52. The highest BCUT2D eigenvalue weighted by molar-refractivity contribution is 5.08. The molecule has 4 nitrogen and oxygen atoms in total. The van der Waals surface area contributed by atoms with Crippen molar-refractivity contribution in [3.8, 4) is 0 Å². The van der Waals surface area contributed by atoms with Gasteiger partial charge in [0, 0.05) is 12.2 Å². The van der Waals surface area contributed by atoms with E-state index in [2.05, 4.69) is 10.3 Å². The van der Waals surface area contributed by atoms with Crippen LogP contribution in [-0.2, 0) is 0 Å². The van der Waals surface area contributed by atoms with Gasteiger partial charge in [0.2, 0.25) is 0 Å². The van der Waals surface area contributed by atoms with Crippen molar-refractivity contribution in [3.05, 3.63) is 30.1 Å². The highest BCUT2D eigenvalue weighted by Crippen LogP contribution is 2.13. The molecule has 0 spiro atoms. The first-order chi connectivity index (χ1) is 6.75. The van der Waals surface area contributed by atoms with Crippen LogP contribution in [0.3, 0.4) is 0 Å². The van der Waals surface area contributed by atoms with Crippen LogP contribution in [0.2, 0.25) is 0 Å². The Hall–Kier alpha value is -0.970. The third kappa shape index (κ3) is 3.06. The zero-order valence-electron chi connectivity index (χ0n) is 8.35. The Bertz CT molecular complexity index is 253. The second-order valence-corrected chi connectivity index (χ2v) is 3.26. The molecular weight excluding hydrogens is 178 g/mol. The lowest BCUT2D eigenvalue weighted by Crippen LogP contribution is -2.31. The molecule has 1 aromatic rings. The lowest BCUT2D eigenvalue weighted by atomic mass is 10.1. The van der Waals surface area contributed by atoms with E-state index in [9.17, 15) is 5.11 Å². The van der Waals surface area contributed by atoms with Gasteiger partial charge < -0.3 is 16.2 Å². The van der Waals surface area contributed by atoms with Crippen molar-refractivity contribution in [2.24, 2.45) is 5.73 Å². The summed E-state index contributed by atoms with van der Waals surface area (Å²) in [6.45, 7) is 0.797. The summed E-state index contributed by atoms with van der Waals surface area (Å²) in [5.74, 6) is 0. The number of hydrogen-bond acceptors (Lipinski definition) is 4. The van der Waals surface area contributed by atoms with Crippen LogP contribution in [0.25, 0.3) is 0 Å². The topological polar surface area (TPSA) is 71.2 Å². The van der Waals surface area contributed by atoms with Gasteiger partial charge in [0.1, 0.15) is 6.10 Å². The van der Waals surface area contributed by atoms with E-state index in [0.29, 0.717) is 5.69 Å². The Morgan fingerprint density at radius 2 is 2.36 bits per heavy atom. The normalized spacial score (nSPS) is 15.1. The fourth-order valence-electron chi connectivity index (χ4n) is 1.24. The molecule has 0 fully saturated rings. The molecule has 0 aliphatic heterocycles. The molecule has 78 valence electrons. The number of aliphatic hydroxyl groups is 1. The second-order valence-electron chi connectivity index (χ2n) is 3.26. The van der Waals surface area contributed by atoms with Crippen molar-refractivity contribution in [2.45, 2.75) is 18.6 Å². The number of nitrogens with two attached hydrogens (primary N) is 1. The van der Waals surface area contributed by atoms with Gasteiger partial charge in [-0.2, -0.15) is 0 Å². The van der Waals surface area contributed by atoms with E-state index in [4.69, 9.17) is 5.73 Å². The van der Waals surface area contributed by atoms with Crippen LogP contribution in [0.5, 0.6) is 0 Å². The number of nitrogens with zero attached hydrogens (tertiary/aromatic N) is 1. The van der Waals surface area contributed by atoms with Crippen LogP contribution in [0.1, 0.15) is 18.2 Å². The molecule has 0 amide bonds. The van der Waals surface area contributed by atoms with Crippen LogP contribution in [0, 0.1) is 0 Å². The fourth-order valence-corrected chi connectivity index (χ4v) is 1.24. The molecule has 0 radical (unpaired) electrons. The lowest BCUT2D eigenvalue weighted by molar-refractivity contribution is 0.138. The molecule has 1 aromatic heterocycles. The summed E-state index contributed by atoms with van der Waals surface area (Å²) in [6.07, 6.45) is 1.71. The molecule has 1 rings (SSSR count). The van der Waals surface area contributed by atoms with E-state index in [0.717, 1.165) is 13.0 Å². The zero-order valence-corrected chi connectivity index (χ0v) is 8.35. The van der Waals surface area contributed by atoms with Crippen LogP contribution in [0.4, 0.5) is 0 Å². The summed E-state index contributed by atoms with van der Waals surface area (Å²) >= 11 is 0.